The minimum absolute atomic E-state index is 0.156. The van der Waals surface area contributed by atoms with Crippen LogP contribution in [0.1, 0.15) is 11.3 Å². The lowest BCUT2D eigenvalue weighted by Crippen LogP contribution is -2.16. The second kappa shape index (κ2) is 4.75. The van der Waals surface area contributed by atoms with Crippen LogP contribution >= 0.6 is 0 Å². The lowest BCUT2D eigenvalue weighted by atomic mass is 10.2. The molecule has 0 radical (unpaired) electrons. The van der Waals surface area contributed by atoms with E-state index >= 15 is 0 Å². The molecule has 1 aromatic heterocycles. The summed E-state index contributed by atoms with van der Waals surface area (Å²) in [6, 6.07) is 4.67. The summed E-state index contributed by atoms with van der Waals surface area (Å²) in [5, 5.41) is 8.48. The van der Waals surface area contributed by atoms with Crippen LogP contribution in [0.3, 0.4) is 0 Å². The molecule has 1 rings (SSSR count). The number of ether oxygens (including phenoxy) is 1. The Morgan fingerprint density at radius 3 is 2.80 bits per heavy atom. The van der Waals surface area contributed by atoms with E-state index < -0.39 is 12.8 Å². The van der Waals surface area contributed by atoms with Gasteiger partial charge in [-0.15, -0.1) is 0 Å². The molecular weight excluding hydrogens is 209 g/mol. The Kier molecular flexibility index (Phi) is 3.63. The second-order valence-corrected chi connectivity index (χ2v) is 2.77. The standard InChI is InChI=1S/C9H7F3N2O/c10-9(11,12)6-15-5-7-1-2-14-8(3-7)4-13/h1-3H,5-6H2. The fourth-order valence-electron chi connectivity index (χ4n) is 0.910. The van der Waals surface area contributed by atoms with Gasteiger partial charge in [0.1, 0.15) is 18.4 Å². The van der Waals surface area contributed by atoms with Gasteiger partial charge in [0.15, 0.2) is 0 Å². The van der Waals surface area contributed by atoms with Crippen molar-refractivity contribution in [3.05, 3.63) is 29.6 Å². The van der Waals surface area contributed by atoms with Crippen LogP contribution in [0.4, 0.5) is 13.2 Å². The Bertz CT molecular complexity index is 370. The molecule has 0 unspecified atom stereocenters. The van der Waals surface area contributed by atoms with Gasteiger partial charge in [0.2, 0.25) is 0 Å². The lowest BCUT2D eigenvalue weighted by Gasteiger charge is -2.07. The highest BCUT2D eigenvalue weighted by Crippen LogP contribution is 2.15. The fraction of sp³-hybridized carbons (Fsp3) is 0.333. The van der Waals surface area contributed by atoms with Crippen molar-refractivity contribution in [2.24, 2.45) is 0 Å². The highest BCUT2D eigenvalue weighted by atomic mass is 19.4. The molecule has 0 N–H and O–H groups in total. The van der Waals surface area contributed by atoms with Gasteiger partial charge in [0, 0.05) is 6.20 Å². The summed E-state index contributed by atoms with van der Waals surface area (Å²) in [5.41, 5.74) is 0.647. The maximum atomic E-state index is 11.7. The van der Waals surface area contributed by atoms with E-state index in [1.54, 1.807) is 6.07 Å². The molecule has 0 amide bonds. The highest BCUT2D eigenvalue weighted by Gasteiger charge is 2.27. The summed E-state index contributed by atoms with van der Waals surface area (Å²) < 4.78 is 39.6. The molecule has 0 aliphatic heterocycles. The van der Waals surface area contributed by atoms with Crippen LogP contribution in [-0.2, 0) is 11.3 Å². The van der Waals surface area contributed by atoms with Crippen molar-refractivity contribution in [1.29, 1.82) is 5.26 Å². The van der Waals surface area contributed by atoms with Gasteiger partial charge in [-0.3, -0.25) is 0 Å². The molecule has 80 valence electrons. The number of nitriles is 1. The molecule has 15 heavy (non-hydrogen) atoms. The average molecular weight is 216 g/mol. The number of pyridine rings is 1. The third-order valence-electron chi connectivity index (χ3n) is 1.47. The van der Waals surface area contributed by atoms with Crippen LogP contribution in [0.2, 0.25) is 0 Å². The van der Waals surface area contributed by atoms with E-state index in [1.807, 2.05) is 0 Å². The van der Waals surface area contributed by atoms with Crippen LogP contribution in [0.15, 0.2) is 18.3 Å². The van der Waals surface area contributed by atoms with E-state index in [-0.39, 0.29) is 12.3 Å². The van der Waals surface area contributed by atoms with E-state index in [1.165, 1.54) is 18.3 Å². The quantitative estimate of drug-likeness (QED) is 0.776. The summed E-state index contributed by atoms with van der Waals surface area (Å²) in [6.07, 6.45) is -2.98. The Morgan fingerprint density at radius 2 is 2.20 bits per heavy atom. The Morgan fingerprint density at radius 1 is 1.47 bits per heavy atom. The molecule has 1 heterocycles. The molecule has 0 aliphatic carbocycles. The van der Waals surface area contributed by atoms with Crippen molar-refractivity contribution in [3.63, 3.8) is 0 Å². The molecular formula is C9H7F3N2O. The van der Waals surface area contributed by atoms with E-state index in [2.05, 4.69) is 9.72 Å². The van der Waals surface area contributed by atoms with Crippen LogP contribution in [0, 0.1) is 11.3 Å². The number of hydrogen-bond acceptors (Lipinski definition) is 3. The predicted octanol–water partition coefficient (Wildman–Crippen LogP) is 2.03. The van der Waals surface area contributed by atoms with E-state index in [0.717, 1.165) is 0 Å². The normalized spacial score (nSPS) is 11.1. The molecule has 0 fully saturated rings. The Labute approximate surface area is 84.1 Å². The molecule has 0 spiro atoms. The number of aromatic nitrogens is 1. The Hall–Kier alpha value is -1.61. The zero-order valence-electron chi connectivity index (χ0n) is 7.58. The molecule has 0 aromatic carbocycles. The lowest BCUT2D eigenvalue weighted by molar-refractivity contribution is -0.176. The zero-order chi connectivity index (χ0) is 11.3. The van der Waals surface area contributed by atoms with Gasteiger partial charge in [0.05, 0.1) is 6.61 Å². The first-order chi connectivity index (χ1) is 7.01. The first-order valence-corrected chi connectivity index (χ1v) is 4.01. The molecule has 0 aliphatic rings. The number of nitrogens with zero attached hydrogens (tertiary/aromatic N) is 2. The topological polar surface area (TPSA) is 45.9 Å². The van der Waals surface area contributed by atoms with Gasteiger partial charge in [-0.25, -0.2) is 4.98 Å². The molecule has 1 aromatic rings. The maximum Gasteiger partial charge on any atom is 0.411 e. The van der Waals surface area contributed by atoms with Gasteiger partial charge >= 0.3 is 6.18 Å². The smallest absolute Gasteiger partial charge is 0.367 e. The molecule has 3 nitrogen and oxygen atoms in total. The van der Waals surface area contributed by atoms with Gasteiger partial charge in [-0.1, -0.05) is 0 Å². The SMILES string of the molecule is N#Cc1cc(COCC(F)(F)F)ccn1. The number of halogens is 3. The first kappa shape index (κ1) is 11.5. The maximum absolute atomic E-state index is 11.7. The largest absolute Gasteiger partial charge is 0.411 e. The monoisotopic (exact) mass is 216 g/mol. The first-order valence-electron chi connectivity index (χ1n) is 4.01. The van der Waals surface area contributed by atoms with E-state index in [9.17, 15) is 13.2 Å². The minimum atomic E-state index is -4.33. The van der Waals surface area contributed by atoms with Crippen LogP contribution in [-0.4, -0.2) is 17.8 Å². The summed E-state index contributed by atoms with van der Waals surface area (Å²) in [5.74, 6) is 0. The van der Waals surface area contributed by atoms with E-state index in [4.69, 9.17) is 5.26 Å². The highest BCUT2D eigenvalue weighted by molar-refractivity contribution is 5.24. The van der Waals surface area contributed by atoms with Crippen LogP contribution < -0.4 is 0 Å². The zero-order valence-corrected chi connectivity index (χ0v) is 7.58. The minimum Gasteiger partial charge on any atom is -0.367 e. The van der Waals surface area contributed by atoms with Gasteiger partial charge < -0.3 is 4.74 Å². The van der Waals surface area contributed by atoms with Crippen molar-refractivity contribution in [2.75, 3.05) is 6.61 Å². The van der Waals surface area contributed by atoms with Crippen LogP contribution in [0.5, 0.6) is 0 Å². The third kappa shape index (κ3) is 4.42. The van der Waals surface area contributed by atoms with Crippen molar-refractivity contribution in [1.82, 2.24) is 4.98 Å². The summed E-state index contributed by atoms with van der Waals surface area (Å²) in [6.45, 7) is -1.48. The molecule has 0 atom stereocenters. The average Bonchev–Trinajstić information content (AvgIpc) is 2.16. The van der Waals surface area contributed by atoms with Crippen molar-refractivity contribution in [3.8, 4) is 6.07 Å². The Balaban J connectivity index is 2.48. The van der Waals surface area contributed by atoms with Gasteiger partial charge in [0.25, 0.3) is 0 Å². The molecule has 0 saturated carbocycles. The number of rotatable bonds is 3. The van der Waals surface area contributed by atoms with Gasteiger partial charge in [-0.05, 0) is 17.7 Å². The van der Waals surface area contributed by atoms with Crippen molar-refractivity contribution >= 4 is 0 Å². The summed E-state index contributed by atoms with van der Waals surface area (Å²) in [4.78, 5) is 3.68. The third-order valence-corrected chi connectivity index (χ3v) is 1.47. The molecule has 6 heteroatoms. The molecule has 0 bridgehead atoms. The predicted molar refractivity (Wildman–Crippen MR) is 44.7 cm³/mol. The van der Waals surface area contributed by atoms with Crippen molar-refractivity contribution < 1.29 is 17.9 Å². The fourth-order valence-corrected chi connectivity index (χ4v) is 0.910. The van der Waals surface area contributed by atoms with Crippen molar-refractivity contribution in [2.45, 2.75) is 12.8 Å². The number of hydrogen-bond donors (Lipinski definition) is 0. The van der Waals surface area contributed by atoms with Crippen LogP contribution in [0.25, 0.3) is 0 Å². The summed E-state index contributed by atoms with van der Waals surface area (Å²) >= 11 is 0. The molecule has 0 saturated heterocycles. The second-order valence-electron chi connectivity index (χ2n) is 2.77. The number of alkyl halides is 3. The summed E-state index contributed by atoms with van der Waals surface area (Å²) in [7, 11) is 0. The van der Waals surface area contributed by atoms with Gasteiger partial charge in [-0.2, -0.15) is 18.4 Å². The van der Waals surface area contributed by atoms with E-state index in [0.29, 0.717) is 5.56 Å².